The van der Waals surface area contributed by atoms with Crippen molar-refractivity contribution in [2.24, 2.45) is 0 Å². The zero-order chi connectivity index (χ0) is 19.5. The highest BCUT2D eigenvalue weighted by atomic mass is 19.1. The number of amides is 2. The van der Waals surface area contributed by atoms with Crippen LogP contribution in [-0.2, 0) is 22.7 Å². The van der Waals surface area contributed by atoms with E-state index in [0.717, 1.165) is 12.0 Å². The van der Waals surface area contributed by atoms with Crippen LogP contribution in [0.25, 0.3) is 0 Å². The predicted molar refractivity (Wildman–Crippen MR) is 101 cm³/mol. The highest BCUT2D eigenvalue weighted by Gasteiger charge is 2.41. The summed E-state index contributed by atoms with van der Waals surface area (Å²) in [6, 6.07) is 10.8. The Balaban J connectivity index is 1.51. The number of hydrogen-bond donors (Lipinski definition) is 0. The van der Waals surface area contributed by atoms with Gasteiger partial charge in [-0.3, -0.25) is 19.5 Å². The fraction of sp³-hybridized carbons (Fsp3) is 0.381. The minimum absolute atomic E-state index is 0.0162. The van der Waals surface area contributed by atoms with E-state index in [1.807, 2.05) is 30.3 Å². The Morgan fingerprint density at radius 2 is 1.89 bits per heavy atom. The van der Waals surface area contributed by atoms with Crippen molar-refractivity contribution in [3.05, 3.63) is 65.7 Å². The predicted octanol–water partition coefficient (Wildman–Crippen LogP) is 1.67. The van der Waals surface area contributed by atoms with Crippen LogP contribution in [0.4, 0.5) is 4.39 Å². The lowest BCUT2D eigenvalue weighted by Crippen LogP contribution is -2.61. The van der Waals surface area contributed by atoms with Crippen molar-refractivity contribution in [2.75, 3.05) is 26.2 Å². The van der Waals surface area contributed by atoms with E-state index in [-0.39, 0.29) is 24.2 Å². The van der Waals surface area contributed by atoms with E-state index in [0.29, 0.717) is 38.3 Å². The van der Waals surface area contributed by atoms with Crippen LogP contribution < -0.4 is 0 Å². The molecule has 0 radical (unpaired) electrons. The molecule has 2 aliphatic rings. The van der Waals surface area contributed by atoms with Crippen LogP contribution in [-0.4, -0.2) is 63.7 Å². The van der Waals surface area contributed by atoms with Gasteiger partial charge in [-0.1, -0.05) is 30.3 Å². The number of nitrogens with zero attached hydrogens (tertiary/aromatic N) is 4. The first-order chi connectivity index (χ1) is 13.6. The molecule has 7 heteroatoms. The largest absolute Gasteiger partial charge is 0.328 e. The van der Waals surface area contributed by atoms with Crippen LogP contribution in [0.1, 0.15) is 17.5 Å². The van der Waals surface area contributed by atoms with E-state index in [1.54, 1.807) is 22.1 Å². The zero-order valence-electron chi connectivity index (χ0n) is 15.6. The number of benzene rings is 1. The normalized spacial score (nSPS) is 20.8. The van der Waals surface area contributed by atoms with Crippen molar-refractivity contribution < 1.29 is 14.0 Å². The molecule has 2 aromatic rings. The molecule has 2 saturated heterocycles. The number of carbonyl (C=O) groups is 2. The first-order valence-corrected chi connectivity index (χ1v) is 9.55. The molecule has 0 bridgehead atoms. The summed E-state index contributed by atoms with van der Waals surface area (Å²) < 4.78 is 14.0. The number of pyridine rings is 1. The van der Waals surface area contributed by atoms with Crippen LogP contribution in [0.15, 0.2) is 48.8 Å². The summed E-state index contributed by atoms with van der Waals surface area (Å²) in [5.74, 6) is -0.400. The van der Waals surface area contributed by atoms with E-state index in [9.17, 15) is 14.0 Å². The molecule has 0 saturated carbocycles. The van der Waals surface area contributed by atoms with E-state index in [1.165, 1.54) is 6.20 Å². The number of fused-ring (bicyclic) bond motifs is 1. The van der Waals surface area contributed by atoms with Gasteiger partial charge in [0.25, 0.3) is 0 Å². The van der Waals surface area contributed by atoms with E-state index in [2.05, 4.69) is 9.88 Å². The number of hydrogen-bond acceptors (Lipinski definition) is 4. The summed E-state index contributed by atoms with van der Waals surface area (Å²) in [6.45, 7) is 2.63. The molecule has 0 N–H and O–H groups in total. The topological polar surface area (TPSA) is 56.8 Å². The zero-order valence-corrected chi connectivity index (χ0v) is 15.6. The summed E-state index contributed by atoms with van der Waals surface area (Å²) in [7, 11) is 0. The van der Waals surface area contributed by atoms with Crippen molar-refractivity contribution in [3.8, 4) is 0 Å². The molecular weight excluding hydrogens is 359 g/mol. The Morgan fingerprint density at radius 1 is 1.07 bits per heavy atom. The summed E-state index contributed by atoms with van der Waals surface area (Å²) in [6.07, 6.45) is 3.54. The third-order valence-corrected chi connectivity index (χ3v) is 5.39. The van der Waals surface area contributed by atoms with E-state index in [4.69, 9.17) is 0 Å². The Bertz CT molecular complexity index is 860. The summed E-state index contributed by atoms with van der Waals surface area (Å²) in [5.41, 5.74) is 1.56. The Labute approximate surface area is 163 Å². The lowest BCUT2D eigenvalue weighted by molar-refractivity contribution is -0.156. The first-order valence-electron chi connectivity index (χ1n) is 9.55. The molecule has 1 aromatic heterocycles. The van der Waals surface area contributed by atoms with Gasteiger partial charge in [-0.05, 0) is 18.1 Å². The van der Waals surface area contributed by atoms with Gasteiger partial charge in [0.05, 0.1) is 6.20 Å². The van der Waals surface area contributed by atoms with Crippen molar-refractivity contribution in [1.29, 1.82) is 0 Å². The van der Waals surface area contributed by atoms with Gasteiger partial charge < -0.3 is 9.80 Å². The second-order valence-corrected chi connectivity index (χ2v) is 7.34. The summed E-state index contributed by atoms with van der Waals surface area (Å²) in [5, 5.41) is 0. The Hall–Kier alpha value is -2.80. The quantitative estimate of drug-likeness (QED) is 0.807. The fourth-order valence-electron chi connectivity index (χ4n) is 3.96. The van der Waals surface area contributed by atoms with Crippen LogP contribution >= 0.6 is 0 Å². The van der Waals surface area contributed by atoms with Crippen molar-refractivity contribution >= 4 is 11.8 Å². The van der Waals surface area contributed by atoms with Gasteiger partial charge in [0.2, 0.25) is 11.8 Å². The van der Waals surface area contributed by atoms with Crippen LogP contribution in [0.3, 0.4) is 0 Å². The molecule has 146 valence electrons. The van der Waals surface area contributed by atoms with Gasteiger partial charge in [0.15, 0.2) is 0 Å². The molecule has 6 nitrogen and oxygen atoms in total. The van der Waals surface area contributed by atoms with Crippen LogP contribution in [0, 0.1) is 5.82 Å². The van der Waals surface area contributed by atoms with Crippen LogP contribution in [0.5, 0.6) is 0 Å². The standard InChI is InChI=1S/C21H23FN4O2/c22-18-11-23-8-7-17(18)13-24-9-4-10-26-19(14-24)21(28)25(15-20(26)27)12-16-5-2-1-3-6-16/h1-3,5-8,11,19H,4,9-10,12-15H2. The Kier molecular flexibility index (Phi) is 5.34. The summed E-state index contributed by atoms with van der Waals surface area (Å²) in [4.78, 5) is 35.0. The molecule has 4 rings (SSSR count). The maximum Gasteiger partial charge on any atom is 0.247 e. The third kappa shape index (κ3) is 3.89. The number of carbonyl (C=O) groups excluding carboxylic acids is 2. The minimum Gasteiger partial charge on any atom is -0.328 e. The number of piperazine rings is 1. The van der Waals surface area contributed by atoms with Crippen LogP contribution in [0.2, 0.25) is 0 Å². The molecular formula is C21H23FN4O2. The molecule has 0 aliphatic carbocycles. The number of rotatable bonds is 4. The second-order valence-electron chi connectivity index (χ2n) is 7.34. The molecule has 2 fully saturated rings. The van der Waals surface area contributed by atoms with Gasteiger partial charge in [0.1, 0.15) is 18.4 Å². The average Bonchev–Trinajstić information content (AvgIpc) is 2.92. The van der Waals surface area contributed by atoms with Gasteiger partial charge in [-0.15, -0.1) is 0 Å². The van der Waals surface area contributed by atoms with Gasteiger partial charge in [0, 0.05) is 44.5 Å². The van der Waals surface area contributed by atoms with E-state index < -0.39 is 6.04 Å². The highest BCUT2D eigenvalue weighted by molar-refractivity contribution is 5.95. The van der Waals surface area contributed by atoms with E-state index >= 15 is 0 Å². The van der Waals surface area contributed by atoms with Gasteiger partial charge >= 0.3 is 0 Å². The molecule has 1 atom stereocenters. The lowest BCUT2D eigenvalue weighted by Gasteiger charge is -2.40. The maximum atomic E-state index is 14.0. The molecule has 2 aliphatic heterocycles. The van der Waals surface area contributed by atoms with Crippen molar-refractivity contribution in [1.82, 2.24) is 19.7 Å². The first kappa shape index (κ1) is 18.6. The monoisotopic (exact) mass is 382 g/mol. The lowest BCUT2D eigenvalue weighted by atomic mass is 10.1. The smallest absolute Gasteiger partial charge is 0.247 e. The van der Waals surface area contributed by atoms with Crippen molar-refractivity contribution in [3.63, 3.8) is 0 Å². The molecule has 1 aromatic carbocycles. The number of halogens is 1. The molecule has 1 unspecified atom stereocenters. The average molecular weight is 382 g/mol. The SMILES string of the molecule is O=C1C2CN(Cc3ccncc3F)CCCN2C(=O)CN1Cc1ccccc1. The second kappa shape index (κ2) is 8.06. The molecule has 2 amide bonds. The Morgan fingerprint density at radius 3 is 2.68 bits per heavy atom. The molecule has 28 heavy (non-hydrogen) atoms. The molecule has 3 heterocycles. The van der Waals surface area contributed by atoms with Gasteiger partial charge in [-0.2, -0.15) is 0 Å². The fourth-order valence-corrected chi connectivity index (χ4v) is 3.96. The third-order valence-electron chi connectivity index (χ3n) is 5.39. The van der Waals surface area contributed by atoms with Crippen molar-refractivity contribution in [2.45, 2.75) is 25.6 Å². The van der Waals surface area contributed by atoms with Gasteiger partial charge in [-0.25, -0.2) is 4.39 Å². The highest BCUT2D eigenvalue weighted by Crippen LogP contribution is 2.21. The number of aromatic nitrogens is 1. The minimum atomic E-state index is -0.516. The maximum absolute atomic E-state index is 14.0. The molecule has 0 spiro atoms. The summed E-state index contributed by atoms with van der Waals surface area (Å²) >= 11 is 0.